The molecule has 36 nitrogen and oxygen atoms in total. The van der Waals surface area contributed by atoms with Crippen LogP contribution in [0.2, 0.25) is 0 Å². The fourth-order valence-corrected chi connectivity index (χ4v) is 12.8. The van der Waals surface area contributed by atoms with Gasteiger partial charge in [0.15, 0.2) is 5.96 Å². The van der Waals surface area contributed by atoms with Crippen LogP contribution >= 0.6 is 0 Å². The van der Waals surface area contributed by atoms with Gasteiger partial charge in [0.05, 0.1) is 39.3 Å². The van der Waals surface area contributed by atoms with Crippen molar-refractivity contribution in [2.24, 2.45) is 34.0 Å². The molecule has 1 saturated heterocycles. The van der Waals surface area contributed by atoms with Crippen molar-refractivity contribution in [2.45, 2.75) is 152 Å². The van der Waals surface area contributed by atoms with Crippen LogP contribution in [0.25, 0.3) is 10.9 Å². The van der Waals surface area contributed by atoms with E-state index in [0.717, 1.165) is 19.3 Å². The van der Waals surface area contributed by atoms with E-state index in [1.54, 1.807) is 89.3 Å². The molecule has 4 aromatic rings. The summed E-state index contributed by atoms with van der Waals surface area (Å²) in [5.41, 5.74) is 18.8. The number of benzene rings is 3. The van der Waals surface area contributed by atoms with Crippen LogP contribution in [0.4, 0.5) is 0 Å². The molecular formula is C72H103N17O19. The second kappa shape index (κ2) is 43.7. The number of carbonyl (C=O) groups excluding carboxylic acids is 10. The van der Waals surface area contributed by atoms with Crippen molar-refractivity contribution < 1.29 is 93.0 Å². The minimum absolute atomic E-state index is 0.000448. The molecule has 9 atom stereocenters. The molecule has 2 fully saturated rings. The van der Waals surface area contributed by atoms with E-state index >= 15 is 0 Å². The summed E-state index contributed by atoms with van der Waals surface area (Å²) in [7, 11) is 0. The number of rotatable bonds is 42. The average molecular weight is 1510 g/mol. The summed E-state index contributed by atoms with van der Waals surface area (Å²) in [6.07, 6.45) is 3.47. The van der Waals surface area contributed by atoms with Gasteiger partial charge in [0, 0.05) is 82.2 Å². The first-order valence-electron chi connectivity index (χ1n) is 36.0. The predicted octanol–water partition coefficient (Wildman–Crippen LogP) is -3.63. The molecule has 108 heavy (non-hydrogen) atoms. The van der Waals surface area contributed by atoms with E-state index in [1.165, 1.54) is 24.3 Å². The van der Waals surface area contributed by atoms with Crippen LogP contribution in [-0.2, 0) is 81.6 Å². The summed E-state index contributed by atoms with van der Waals surface area (Å²) in [6.45, 7) is 1.37. The zero-order chi connectivity index (χ0) is 79.0. The quantitative estimate of drug-likeness (QED) is 0.0116. The largest absolute Gasteiger partial charge is 0.508 e. The molecule has 2 aliphatic rings. The minimum atomic E-state index is -1.87. The van der Waals surface area contributed by atoms with Crippen LogP contribution < -0.4 is 65.1 Å². The maximum atomic E-state index is 14.9. The number of para-hydroxylation sites is 1. The van der Waals surface area contributed by atoms with Crippen molar-refractivity contribution in [2.75, 3.05) is 78.7 Å². The average Bonchev–Trinajstić information content (AvgIpc) is 1.73. The summed E-state index contributed by atoms with van der Waals surface area (Å²) in [4.78, 5) is 190. The Hall–Kier alpha value is -10.8. The van der Waals surface area contributed by atoms with Gasteiger partial charge in [0.25, 0.3) is 0 Å². The molecule has 36 heteroatoms. The number of nitrogens with zero attached hydrogens (tertiary/aromatic N) is 4. The number of aliphatic hydroxyl groups is 2. The van der Waals surface area contributed by atoms with Crippen LogP contribution in [0.5, 0.6) is 5.75 Å². The number of H-pyrrole nitrogens is 1. The standard InChI is InChI=1S/C72H103N17O19/c1-42(2)30-51(65(102)84-55(69(106)85-57(40-90)63(73)100)34-46-36-77-49-17-10-9-16-48(46)49)80-66(103)54(33-45-19-21-47(92)22-20-45)81-64(101)50(18-11-23-76-72(74)75)79-71(108)58(41-91)86-68(105)53(32-44-14-7-4-8-15-44)82-67(104)52(31-43-12-5-3-6-13-43)83-70(107)56(35-60(94)95)78-59(93)37-87-24-26-88(38-61(96)97)28-29-89(27-25-87)39-62(98)99/h4,7-10,14-17,19-22,36,42-43,50-58,77,90-92H,3,5-6,11-13,18,23-35,37-41H2,1-2H3,(H2,73,100)(H,78,93)(H,79,108)(H,80,103)(H,81,101)(H,82,104)(H,83,107)(H,84,102)(H,85,106)(H,86,105)(H,94,95)(H,96,97)(H,98,99)(H4,74,75,76)/t50-,51+,52+,53+,54+,55+,56+,57+,58-/m1/s1. The number of aromatic amines is 1. The highest BCUT2D eigenvalue weighted by atomic mass is 16.4. The second-order valence-electron chi connectivity index (χ2n) is 27.5. The molecular weight excluding hydrogens is 1410 g/mol. The van der Waals surface area contributed by atoms with Gasteiger partial charge < -0.3 is 101 Å². The van der Waals surface area contributed by atoms with E-state index in [-0.39, 0.29) is 127 Å². The Bertz CT molecular complexity index is 3710. The fraction of sp³-hybridized carbons (Fsp3) is 0.528. The summed E-state index contributed by atoms with van der Waals surface area (Å²) in [5, 5.41) is 84.0. The third-order valence-corrected chi connectivity index (χ3v) is 18.5. The molecule has 0 unspecified atom stereocenters. The van der Waals surface area contributed by atoms with Crippen LogP contribution in [-0.4, -0.2) is 266 Å². The van der Waals surface area contributed by atoms with Gasteiger partial charge in [-0.2, -0.15) is 0 Å². The Morgan fingerprint density at radius 2 is 0.935 bits per heavy atom. The number of hydrogen-bond acceptors (Lipinski definition) is 20. The minimum Gasteiger partial charge on any atom is -0.508 e. The van der Waals surface area contributed by atoms with Crippen LogP contribution in [0, 0.1) is 11.8 Å². The van der Waals surface area contributed by atoms with E-state index in [1.807, 2.05) is 0 Å². The van der Waals surface area contributed by atoms with E-state index < -0.39 is 158 Å². The Kier molecular flexibility index (Phi) is 34.9. The first kappa shape index (κ1) is 86.1. The number of aromatic nitrogens is 1. The van der Waals surface area contributed by atoms with Gasteiger partial charge in [0.1, 0.15) is 60.1 Å². The van der Waals surface area contributed by atoms with E-state index in [0.29, 0.717) is 40.4 Å². The van der Waals surface area contributed by atoms with Crippen molar-refractivity contribution >= 4 is 93.8 Å². The van der Waals surface area contributed by atoms with Gasteiger partial charge >= 0.3 is 17.9 Å². The molecule has 3 aromatic carbocycles. The van der Waals surface area contributed by atoms with Crippen molar-refractivity contribution in [1.82, 2.24) is 67.5 Å². The lowest BCUT2D eigenvalue weighted by molar-refractivity contribution is -0.141. The first-order chi connectivity index (χ1) is 51.5. The maximum Gasteiger partial charge on any atom is 0.317 e. The normalized spacial score (nSPS) is 16.4. The van der Waals surface area contributed by atoms with Crippen LogP contribution in [0.3, 0.4) is 0 Å². The van der Waals surface area contributed by atoms with E-state index in [9.17, 15) is 93.0 Å². The molecule has 1 saturated carbocycles. The Morgan fingerprint density at radius 3 is 1.46 bits per heavy atom. The first-order valence-corrected chi connectivity index (χ1v) is 36.0. The summed E-state index contributed by atoms with van der Waals surface area (Å²) in [6, 6.07) is 6.79. The third kappa shape index (κ3) is 29.5. The number of aliphatic imine (C=N–C) groups is 1. The maximum absolute atomic E-state index is 14.9. The lowest BCUT2D eigenvalue weighted by Crippen LogP contribution is -2.61. The van der Waals surface area contributed by atoms with Gasteiger partial charge in [-0.05, 0) is 72.4 Å². The molecule has 22 N–H and O–H groups in total. The Morgan fingerprint density at radius 1 is 0.491 bits per heavy atom. The number of guanidine groups is 1. The number of fused-ring (bicyclic) bond motifs is 1. The molecule has 1 aromatic heterocycles. The molecule has 10 amide bonds. The Labute approximate surface area is 623 Å². The molecule has 0 spiro atoms. The van der Waals surface area contributed by atoms with E-state index in [2.05, 4.69) is 57.8 Å². The van der Waals surface area contributed by atoms with Crippen molar-refractivity contribution in [3.05, 3.63) is 102 Å². The number of phenolic OH excluding ortho intramolecular Hbond substituents is 1. The smallest absolute Gasteiger partial charge is 0.317 e. The number of primary amides is 1. The van der Waals surface area contributed by atoms with Gasteiger partial charge in [0.2, 0.25) is 59.1 Å². The number of aliphatic carboxylic acids is 3. The highest BCUT2D eigenvalue weighted by molar-refractivity contribution is 5.99. The molecule has 6 rings (SSSR count). The number of amides is 10. The summed E-state index contributed by atoms with van der Waals surface area (Å²) >= 11 is 0. The number of carbonyl (C=O) groups is 13. The van der Waals surface area contributed by atoms with Gasteiger partial charge in [-0.25, -0.2) is 0 Å². The summed E-state index contributed by atoms with van der Waals surface area (Å²) in [5.74, 6) is -14.4. The number of hydrogen-bond donors (Lipinski definition) is 19. The Balaban J connectivity index is 1.24. The lowest BCUT2D eigenvalue weighted by Gasteiger charge is -2.30. The highest BCUT2D eigenvalue weighted by Crippen LogP contribution is 2.28. The molecule has 2 heterocycles. The van der Waals surface area contributed by atoms with Gasteiger partial charge in [-0.3, -0.25) is 82.0 Å². The van der Waals surface area contributed by atoms with Gasteiger partial charge in [-0.1, -0.05) is 107 Å². The SMILES string of the molecule is CC(C)C[C@H](NC(=O)[C@H](Cc1ccc(O)cc1)NC(=O)[C@@H](CCCN=C(N)N)NC(=O)[C@@H](CO)NC(=O)[C@H](Cc1ccccc1)NC(=O)[C@H](CC1CCCCC1)NC(=O)[C@H](CC(=O)O)NC(=O)CN1CCN(CC(=O)O)CCN(CC(=O)O)CC1)C(=O)N[C@@H](Cc1c[nH]c2ccccc12)C(=O)N[C@@H](CO)C(N)=O. The summed E-state index contributed by atoms with van der Waals surface area (Å²) < 4.78 is 0. The number of aliphatic hydroxyl groups excluding tert-OH is 2. The zero-order valence-electron chi connectivity index (χ0n) is 60.6. The highest BCUT2D eigenvalue weighted by Gasteiger charge is 2.38. The van der Waals surface area contributed by atoms with Crippen molar-refractivity contribution in [3.63, 3.8) is 0 Å². The predicted molar refractivity (Wildman–Crippen MR) is 392 cm³/mol. The second-order valence-corrected chi connectivity index (χ2v) is 27.5. The zero-order valence-corrected chi connectivity index (χ0v) is 60.6. The topological polar surface area (TPSA) is 567 Å². The lowest BCUT2D eigenvalue weighted by atomic mass is 9.84. The number of aromatic hydroxyl groups is 1. The van der Waals surface area contributed by atoms with Crippen molar-refractivity contribution in [3.8, 4) is 5.75 Å². The number of nitrogens with two attached hydrogens (primary N) is 3. The van der Waals surface area contributed by atoms with Crippen LogP contribution in [0.15, 0.2) is 90.1 Å². The van der Waals surface area contributed by atoms with Gasteiger partial charge in [-0.15, -0.1) is 0 Å². The van der Waals surface area contributed by atoms with Crippen molar-refractivity contribution in [1.29, 1.82) is 0 Å². The molecule has 590 valence electrons. The fourth-order valence-electron chi connectivity index (χ4n) is 12.8. The number of phenols is 1. The van der Waals surface area contributed by atoms with Crippen LogP contribution in [0.1, 0.15) is 94.7 Å². The number of carboxylic acids is 3. The number of carboxylic acid groups (broad SMARTS) is 3. The monoisotopic (exact) mass is 1510 g/mol. The number of nitrogens with one attached hydrogen (secondary N) is 10. The third-order valence-electron chi connectivity index (χ3n) is 18.5. The molecule has 0 radical (unpaired) electrons. The molecule has 1 aliphatic carbocycles. The molecule has 0 bridgehead atoms. The van der Waals surface area contributed by atoms with E-state index in [4.69, 9.17) is 17.2 Å². The molecule has 1 aliphatic heterocycles.